The predicted molar refractivity (Wildman–Crippen MR) is 90.9 cm³/mol. The molecule has 0 unspecified atom stereocenters. The van der Waals surface area contributed by atoms with E-state index in [0.717, 1.165) is 0 Å². The first-order chi connectivity index (χ1) is 11.1. The minimum atomic E-state index is -0.410. The maximum Gasteiger partial charge on any atom is 0.274 e. The van der Waals surface area contributed by atoms with Gasteiger partial charge in [0.2, 0.25) is 0 Å². The summed E-state index contributed by atoms with van der Waals surface area (Å²) in [6.07, 6.45) is 1.46. The quantitative estimate of drug-likeness (QED) is 0.912. The van der Waals surface area contributed by atoms with Crippen LogP contribution in [0.5, 0.6) is 0 Å². The van der Waals surface area contributed by atoms with Crippen molar-refractivity contribution in [1.29, 1.82) is 0 Å². The zero-order chi connectivity index (χ0) is 16.8. The average molecular weight is 332 g/mol. The van der Waals surface area contributed by atoms with Gasteiger partial charge in [-0.05, 0) is 38.1 Å². The van der Waals surface area contributed by atoms with Crippen LogP contribution in [0, 0.1) is 0 Å². The van der Waals surface area contributed by atoms with Gasteiger partial charge in [-0.3, -0.25) is 14.6 Å². The topological polar surface area (TPSA) is 62.3 Å². The number of benzene rings is 1. The van der Waals surface area contributed by atoms with Crippen LogP contribution in [-0.4, -0.2) is 34.8 Å². The molecule has 0 aliphatic carbocycles. The second-order valence-electron chi connectivity index (χ2n) is 4.84. The predicted octanol–water partition coefficient (Wildman–Crippen LogP) is 3.47. The van der Waals surface area contributed by atoms with E-state index in [-0.39, 0.29) is 11.6 Å². The summed E-state index contributed by atoms with van der Waals surface area (Å²) in [5.74, 6) is -0.531. The molecule has 0 fully saturated rings. The first-order valence-corrected chi connectivity index (χ1v) is 7.75. The molecule has 0 radical (unpaired) electrons. The summed E-state index contributed by atoms with van der Waals surface area (Å²) in [6.45, 7) is 5.04. The summed E-state index contributed by atoms with van der Waals surface area (Å²) < 4.78 is 0. The Balaban J connectivity index is 2.21. The van der Waals surface area contributed by atoms with E-state index in [0.29, 0.717) is 29.4 Å². The van der Waals surface area contributed by atoms with Gasteiger partial charge in [0.1, 0.15) is 5.69 Å². The fourth-order valence-corrected chi connectivity index (χ4v) is 2.31. The standard InChI is InChI=1S/C17H18ClN3O2/c1-3-21(4-2)17(23)12-9-10-19-15(11-12)16(22)20-14-8-6-5-7-13(14)18/h5-11H,3-4H2,1-2H3,(H,20,22). The van der Waals surface area contributed by atoms with Gasteiger partial charge in [0, 0.05) is 24.8 Å². The Labute approximate surface area is 140 Å². The van der Waals surface area contributed by atoms with Crippen LogP contribution < -0.4 is 5.32 Å². The van der Waals surface area contributed by atoms with E-state index in [2.05, 4.69) is 10.3 Å². The van der Waals surface area contributed by atoms with Crippen LogP contribution in [0.4, 0.5) is 5.69 Å². The Kier molecular flexibility index (Phi) is 5.71. The number of hydrogen-bond donors (Lipinski definition) is 1. The Bertz CT molecular complexity index is 714. The molecule has 1 aromatic carbocycles. The second-order valence-corrected chi connectivity index (χ2v) is 5.25. The van der Waals surface area contributed by atoms with Crippen molar-refractivity contribution in [3.63, 3.8) is 0 Å². The monoisotopic (exact) mass is 331 g/mol. The van der Waals surface area contributed by atoms with E-state index < -0.39 is 5.91 Å². The van der Waals surface area contributed by atoms with E-state index in [1.165, 1.54) is 12.3 Å². The molecule has 0 bridgehead atoms. The van der Waals surface area contributed by atoms with Gasteiger partial charge in [0.15, 0.2) is 0 Å². The van der Waals surface area contributed by atoms with Crippen LogP contribution in [0.3, 0.4) is 0 Å². The highest BCUT2D eigenvalue weighted by Gasteiger charge is 2.16. The Morgan fingerprint density at radius 2 is 1.87 bits per heavy atom. The largest absolute Gasteiger partial charge is 0.339 e. The van der Waals surface area contributed by atoms with E-state index in [1.807, 2.05) is 13.8 Å². The lowest BCUT2D eigenvalue weighted by atomic mass is 10.2. The van der Waals surface area contributed by atoms with Gasteiger partial charge in [0.05, 0.1) is 10.7 Å². The molecular formula is C17H18ClN3O2. The molecule has 120 valence electrons. The Hall–Kier alpha value is -2.40. The average Bonchev–Trinajstić information content (AvgIpc) is 2.58. The summed E-state index contributed by atoms with van der Waals surface area (Å²) in [7, 11) is 0. The van der Waals surface area contributed by atoms with E-state index in [1.54, 1.807) is 35.2 Å². The first-order valence-electron chi connectivity index (χ1n) is 7.38. The van der Waals surface area contributed by atoms with Crippen molar-refractivity contribution in [2.45, 2.75) is 13.8 Å². The van der Waals surface area contributed by atoms with Crippen LogP contribution in [0.25, 0.3) is 0 Å². The number of carbonyl (C=O) groups is 2. The van der Waals surface area contributed by atoms with Crippen molar-refractivity contribution >= 4 is 29.1 Å². The van der Waals surface area contributed by atoms with Crippen molar-refractivity contribution in [1.82, 2.24) is 9.88 Å². The normalized spacial score (nSPS) is 10.2. The highest BCUT2D eigenvalue weighted by molar-refractivity contribution is 6.33. The summed E-state index contributed by atoms with van der Waals surface area (Å²) in [5, 5.41) is 3.13. The van der Waals surface area contributed by atoms with Crippen molar-refractivity contribution in [3.05, 3.63) is 58.9 Å². The molecule has 0 aliphatic rings. The van der Waals surface area contributed by atoms with E-state index in [9.17, 15) is 9.59 Å². The molecule has 6 heteroatoms. The van der Waals surface area contributed by atoms with Gasteiger partial charge < -0.3 is 10.2 Å². The van der Waals surface area contributed by atoms with Gasteiger partial charge in [-0.15, -0.1) is 0 Å². The molecule has 2 aromatic rings. The molecular weight excluding hydrogens is 314 g/mol. The summed E-state index contributed by atoms with van der Waals surface area (Å²) >= 11 is 6.02. The summed E-state index contributed by atoms with van der Waals surface area (Å²) in [5.41, 5.74) is 1.11. The van der Waals surface area contributed by atoms with Crippen molar-refractivity contribution in [2.24, 2.45) is 0 Å². The van der Waals surface area contributed by atoms with E-state index in [4.69, 9.17) is 11.6 Å². The van der Waals surface area contributed by atoms with Crippen LogP contribution in [0.15, 0.2) is 42.6 Å². The smallest absolute Gasteiger partial charge is 0.274 e. The molecule has 0 saturated carbocycles. The number of anilines is 1. The molecule has 1 N–H and O–H groups in total. The van der Waals surface area contributed by atoms with Crippen molar-refractivity contribution < 1.29 is 9.59 Å². The van der Waals surface area contributed by atoms with Gasteiger partial charge in [-0.2, -0.15) is 0 Å². The maximum atomic E-state index is 12.3. The Morgan fingerprint density at radius 3 is 2.52 bits per heavy atom. The van der Waals surface area contributed by atoms with Crippen LogP contribution in [0.1, 0.15) is 34.7 Å². The lowest BCUT2D eigenvalue weighted by molar-refractivity contribution is 0.0773. The minimum Gasteiger partial charge on any atom is -0.339 e. The molecule has 2 rings (SSSR count). The first kappa shape index (κ1) is 17.0. The number of pyridine rings is 1. The van der Waals surface area contributed by atoms with Gasteiger partial charge >= 0.3 is 0 Å². The lowest BCUT2D eigenvalue weighted by Gasteiger charge is -2.18. The van der Waals surface area contributed by atoms with Crippen LogP contribution in [0.2, 0.25) is 5.02 Å². The summed E-state index contributed by atoms with van der Waals surface area (Å²) in [6, 6.07) is 10.0. The molecule has 2 amide bonds. The fraction of sp³-hybridized carbons (Fsp3) is 0.235. The molecule has 5 nitrogen and oxygen atoms in total. The van der Waals surface area contributed by atoms with Crippen molar-refractivity contribution in [3.8, 4) is 0 Å². The highest BCUT2D eigenvalue weighted by atomic mass is 35.5. The zero-order valence-corrected chi connectivity index (χ0v) is 13.8. The third-order valence-corrected chi connectivity index (χ3v) is 3.74. The number of nitrogens with zero attached hydrogens (tertiary/aromatic N) is 2. The van der Waals surface area contributed by atoms with E-state index >= 15 is 0 Å². The fourth-order valence-electron chi connectivity index (χ4n) is 2.13. The molecule has 0 aliphatic heterocycles. The summed E-state index contributed by atoms with van der Waals surface area (Å²) in [4.78, 5) is 30.4. The number of para-hydroxylation sites is 1. The molecule has 23 heavy (non-hydrogen) atoms. The SMILES string of the molecule is CCN(CC)C(=O)c1ccnc(C(=O)Nc2ccccc2Cl)c1. The third kappa shape index (κ3) is 4.07. The number of amides is 2. The van der Waals surface area contributed by atoms with Crippen molar-refractivity contribution in [2.75, 3.05) is 18.4 Å². The minimum absolute atomic E-state index is 0.121. The number of nitrogens with one attached hydrogen (secondary N) is 1. The number of rotatable bonds is 5. The lowest BCUT2D eigenvalue weighted by Crippen LogP contribution is -2.30. The van der Waals surface area contributed by atoms with Gasteiger partial charge in [-0.25, -0.2) is 0 Å². The van der Waals surface area contributed by atoms with Crippen LogP contribution >= 0.6 is 11.6 Å². The third-order valence-electron chi connectivity index (χ3n) is 3.41. The molecule has 0 saturated heterocycles. The molecule has 0 spiro atoms. The van der Waals surface area contributed by atoms with Gasteiger partial charge in [0.25, 0.3) is 11.8 Å². The second kappa shape index (κ2) is 7.74. The Morgan fingerprint density at radius 1 is 1.17 bits per heavy atom. The zero-order valence-electron chi connectivity index (χ0n) is 13.0. The molecule has 0 atom stereocenters. The maximum absolute atomic E-state index is 12.3. The number of carbonyl (C=O) groups excluding carboxylic acids is 2. The van der Waals surface area contributed by atoms with Gasteiger partial charge in [-0.1, -0.05) is 23.7 Å². The van der Waals surface area contributed by atoms with Crippen LogP contribution in [-0.2, 0) is 0 Å². The number of halogens is 1. The highest BCUT2D eigenvalue weighted by Crippen LogP contribution is 2.21. The number of aromatic nitrogens is 1. The number of hydrogen-bond acceptors (Lipinski definition) is 3. The molecule has 1 heterocycles. The molecule has 1 aromatic heterocycles.